The normalized spacial score (nSPS) is 29.2. The van der Waals surface area contributed by atoms with Gasteiger partial charge in [0.1, 0.15) is 4.88 Å². The van der Waals surface area contributed by atoms with E-state index in [2.05, 4.69) is 39.5 Å². The molecule has 1 spiro atoms. The topological polar surface area (TPSA) is 59.1 Å². The van der Waals surface area contributed by atoms with E-state index in [1.165, 1.54) is 18.4 Å². The molecule has 2 aliphatic carbocycles. The van der Waals surface area contributed by atoms with Crippen LogP contribution in [-0.4, -0.2) is 37.2 Å². The van der Waals surface area contributed by atoms with Crippen molar-refractivity contribution in [3.05, 3.63) is 15.8 Å². The highest BCUT2D eigenvalue weighted by atomic mass is 32.1. The molecule has 3 aliphatic rings. The number of nitrogens with zero attached hydrogens (tertiary/aromatic N) is 1. The minimum absolute atomic E-state index is 0.0174. The molecule has 1 saturated heterocycles. The molecule has 0 bridgehead atoms. The average Bonchev–Trinajstić information content (AvgIpc) is 3.40. The van der Waals surface area contributed by atoms with Gasteiger partial charge >= 0.3 is 5.97 Å². The molecule has 2 saturated carbocycles. The van der Waals surface area contributed by atoms with Crippen molar-refractivity contribution in [1.29, 1.82) is 0 Å². The first kappa shape index (κ1) is 24.3. The van der Waals surface area contributed by atoms with Gasteiger partial charge in [0.05, 0.1) is 29.9 Å². The van der Waals surface area contributed by atoms with Crippen LogP contribution in [0, 0.1) is 29.1 Å². The van der Waals surface area contributed by atoms with Gasteiger partial charge in [-0.05, 0) is 84.1 Å². The highest BCUT2D eigenvalue weighted by molar-refractivity contribution is 7.15. The van der Waals surface area contributed by atoms with Gasteiger partial charge < -0.3 is 14.4 Å². The second-order valence-corrected chi connectivity index (χ2v) is 12.2. The first-order valence-corrected chi connectivity index (χ1v) is 13.1. The summed E-state index contributed by atoms with van der Waals surface area (Å²) in [5.74, 6) is 6.95. The van der Waals surface area contributed by atoms with Crippen LogP contribution in [0.3, 0.4) is 0 Å². The molecule has 2 heterocycles. The number of hydrogen-bond acceptors (Lipinski definition) is 5. The molecule has 0 atom stereocenters. The van der Waals surface area contributed by atoms with E-state index in [-0.39, 0.29) is 28.9 Å². The van der Waals surface area contributed by atoms with Gasteiger partial charge in [0.15, 0.2) is 0 Å². The second kappa shape index (κ2) is 9.43. The molecule has 0 unspecified atom stereocenters. The summed E-state index contributed by atoms with van der Waals surface area (Å²) in [7, 11) is 1.40. The van der Waals surface area contributed by atoms with Crippen LogP contribution in [0.4, 0.5) is 5.69 Å². The Kier molecular flexibility index (Phi) is 6.94. The zero-order valence-corrected chi connectivity index (χ0v) is 21.5. The number of methoxy groups -OCH3 is 1. The van der Waals surface area contributed by atoms with Gasteiger partial charge in [-0.2, -0.15) is 0 Å². The maximum absolute atomic E-state index is 14.0. The maximum atomic E-state index is 14.0. The van der Waals surface area contributed by atoms with Gasteiger partial charge in [0.25, 0.3) is 0 Å². The summed E-state index contributed by atoms with van der Waals surface area (Å²) in [5, 5.41) is 0. The molecule has 6 heteroatoms. The van der Waals surface area contributed by atoms with Crippen molar-refractivity contribution in [1.82, 2.24) is 0 Å². The van der Waals surface area contributed by atoms with Crippen LogP contribution in [0.1, 0.15) is 93.6 Å². The summed E-state index contributed by atoms with van der Waals surface area (Å²) in [6, 6.07) is 2.02. The minimum atomic E-state index is -0.397. The van der Waals surface area contributed by atoms with Gasteiger partial charge in [0, 0.05) is 17.4 Å². The van der Waals surface area contributed by atoms with Crippen molar-refractivity contribution in [2.75, 3.05) is 18.6 Å². The van der Waals surface area contributed by atoms with Gasteiger partial charge in [-0.25, -0.2) is 4.79 Å². The summed E-state index contributed by atoms with van der Waals surface area (Å²) >= 11 is 1.34. The fourth-order valence-corrected chi connectivity index (χ4v) is 6.01. The van der Waals surface area contributed by atoms with Crippen molar-refractivity contribution >= 4 is 28.9 Å². The number of esters is 1. The number of ether oxygens (including phenoxy) is 2. The van der Waals surface area contributed by atoms with E-state index in [1.54, 1.807) is 0 Å². The molecule has 4 rings (SSSR count). The number of hydrogen-bond donors (Lipinski definition) is 0. The minimum Gasteiger partial charge on any atom is -0.465 e. The summed E-state index contributed by atoms with van der Waals surface area (Å²) in [5.41, 5.74) is 0.590. The fraction of sp³-hybridized carbons (Fsp3) is 0.704. The largest absolute Gasteiger partial charge is 0.465 e. The quantitative estimate of drug-likeness (QED) is 0.316. The van der Waals surface area contributed by atoms with E-state index in [9.17, 15) is 9.59 Å². The number of anilines is 1. The third kappa shape index (κ3) is 5.63. The maximum Gasteiger partial charge on any atom is 0.350 e. The number of carbonyl (C=O) groups is 2. The smallest absolute Gasteiger partial charge is 0.350 e. The van der Waals surface area contributed by atoms with Crippen LogP contribution in [-0.2, 0) is 14.3 Å². The highest BCUT2D eigenvalue weighted by Gasteiger charge is 2.49. The Morgan fingerprint density at radius 2 is 1.79 bits per heavy atom. The Hall–Kier alpha value is -1.84. The summed E-state index contributed by atoms with van der Waals surface area (Å²) in [6.07, 6.45) is 7.75. The lowest BCUT2D eigenvalue weighted by molar-refractivity contribution is -0.124. The molecule has 1 aromatic rings. The zero-order valence-electron chi connectivity index (χ0n) is 20.7. The monoisotopic (exact) mass is 471 g/mol. The first-order valence-electron chi connectivity index (χ1n) is 12.3. The van der Waals surface area contributed by atoms with Crippen molar-refractivity contribution in [3.8, 4) is 11.8 Å². The van der Waals surface area contributed by atoms with E-state index in [0.717, 1.165) is 62.9 Å². The van der Waals surface area contributed by atoms with Crippen LogP contribution in [0.25, 0.3) is 0 Å². The zero-order chi connectivity index (χ0) is 23.8. The summed E-state index contributed by atoms with van der Waals surface area (Å²) in [4.78, 5) is 30.0. The lowest BCUT2D eigenvalue weighted by Crippen LogP contribution is -2.47. The number of rotatable bonds is 4. The van der Waals surface area contributed by atoms with Crippen LogP contribution in [0.15, 0.2) is 6.07 Å². The molecule has 1 amide bonds. The number of epoxide rings is 1. The number of thiophene rings is 1. The molecular weight excluding hydrogens is 434 g/mol. The molecule has 5 nitrogen and oxygen atoms in total. The summed E-state index contributed by atoms with van der Waals surface area (Å²) in [6.45, 7) is 9.30. The van der Waals surface area contributed by atoms with E-state index in [4.69, 9.17) is 9.47 Å². The van der Waals surface area contributed by atoms with Crippen LogP contribution >= 0.6 is 11.3 Å². The average molecular weight is 472 g/mol. The van der Waals surface area contributed by atoms with E-state index < -0.39 is 5.97 Å². The molecule has 0 N–H and O–H groups in total. The molecule has 1 aromatic heterocycles. The Morgan fingerprint density at radius 1 is 1.15 bits per heavy atom. The number of carbonyl (C=O) groups excluding carboxylic acids is 2. The Bertz CT molecular complexity index is 941. The molecule has 33 heavy (non-hydrogen) atoms. The Labute approximate surface area is 202 Å². The van der Waals surface area contributed by atoms with Crippen molar-refractivity contribution < 1.29 is 19.1 Å². The predicted octanol–water partition coefficient (Wildman–Crippen LogP) is 5.80. The summed E-state index contributed by atoms with van der Waals surface area (Å²) < 4.78 is 10.8. The molecule has 1 aliphatic heterocycles. The lowest BCUT2D eigenvalue weighted by Gasteiger charge is -2.39. The Morgan fingerprint density at radius 3 is 2.33 bits per heavy atom. The van der Waals surface area contributed by atoms with Gasteiger partial charge in [-0.15, -0.1) is 11.3 Å². The number of amides is 1. The van der Waals surface area contributed by atoms with Gasteiger partial charge in [-0.1, -0.05) is 18.8 Å². The molecule has 180 valence electrons. The Balaban J connectivity index is 1.70. The molecule has 0 radical (unpaired) electrons. The standard InChI is InChI=1S/C27H37NO4S/c1-18-6-8-19(9-7-18)24(29)28(20-10-14-27(15-11-20)17-32-27)22-16-21(12-13-26(2,3)4)33-23(22)25(30)31-5/h16,18-20H,6-11,14-15,17H2,1-5H3/t18-,19-,20?,27?. The fourth-order valence-electron chi connectivity index (χ4n) is 5.09. The molecule has 0 aromatic carbocycles. The highest BCUT2D eigenvalue weighted by Crippen LogP contribution is 2.45. The van der Waals surface area contributed by atoms with Crippen molar-refractivity contribution in [3.63, 3.8) is 0 Å². The predicted molar refractivity (Wildman–Crippen MR) is 132 cm³/mol. The second-order valence-electron chi connectivity index (χ2n) is 11.2. The van der Waals surface area contributed by atoms with E-state index >= 15 is 0 Å². The van der Waals surface area contributed by atoms with Crippen LogP contribution in [0.5, 0.6) is 0 Å². The SMILES string of the molecule is COC(=O)c1sc(C#CC(C)(C)C)cc1N(C(=O)[C@H]1CC[C@H](C)CC1)C1CCC2(CC1)CO2. The van der Waals surface area contributed by atoms with Crippen molar-refractivity contribution in [2.24, 2.45) is 17.3 Å². The first-order chi connectivity index (χ1) is 15.6. The lowest BCUT2D eigenvalue weighted by atomic mass is 9.80. The van der Waals surface area contributed by atoms with Gasteiger partial charge in [-0.3, -0.25) is 4.79 Å². The van der Waals surface area contributed by atoms with E-state index in [1.807, 2.05) is 11.0 Å². The van der Waals surface area contributed by atoms with Crippen molar-refractivity contribution in [2.45, 2.75) is 90.7 Å². The van der Waals surface area contributed by atoms with Crippen LogP contribution in [0.2, 0.25) is 0 Å². The van der Waals surface area contributed by atoms with E-state index in [0.29, 0.717) is 16.5 Å². The third-order valence-corrected chi connectivity index (χ3v) is 8.31. The van der Waals surface area contributed by atoms with Crippen LogP contribution < -0.4 is 4.90 Å². The molecule has 3 fully saturated rings. The molecular formula is C27H37NO4S. The third-order valence-electron chi connectivity index (χ3n) is 7.29. The van der Waals surface area contributed by atoms with Gasteiger partial charge in [0.2, 0.25) is 5.91 Å².